The van der Waals surface area contributed by atoms with Gasteiger partial charge in [0.05, 0.1) is 16.6 Å². The van der Waals surface area contributed by atoms with Crippen LogP contribution in [0.5, 0.6) is 0 Å². The molecule has 0 radical (unpaired) electrons. The SMILES string of the molecule is CC1(C)c2ccccc2-c2cc3c4cc(-c5cccc6ccc7cccnc7c56)ccc4n(-c4ccc(-c5nc(-c6ccccc6)nc(-c6ccccc6)n5)cc4)c3cc21. The summed E-state index contributed by atoms with van der Waals surface area (Å²) in [4.78, 5) is 19.8. The molecular weight excluding hydrogens is 731 g/mol. The number of fused-ring (bicyclic) bond motifs is 9. The molecule has 0 bridgehead atoms. The summed E-state index contributed by atoms with van der Waals surface area (Å²) in [6, 6.07) is 64.8. The predicted molar refractivity (Wildman–Crippen MR) is 246 cm³/mol. The van der Waals surface area contributed by atoms with E-state index in [0.29, 0.717) is 17.5 Å². The van der Waals surface area contributed by atoms with Crippen LogP contribution < -0.4 is 0 Å². The molecule has 0 atom stereocenters. The number of rotatable bonds is 5. The first-order valence-electron chi connectivity index (χ1n) is 20.5. The van der Waals surface area contributed by atoms with E-state index in [1.807, 2.05) is 72.9 Å². The van der Waals surface area contributed by atoms with Gasteiger partial charge in [0.25, 0.3) is 0 Å². The topological polar surface area (TPSA) is 56.5 Å². The maximum Gasteiger partial charge on any atom is 0.164 e. The lowest BCUT2D eigenvalue weighted by Crippen LogP contribution is -2.14. The van der Waals surface area contributed by atoms with Crippen LogP contribution in [-0.4, -0.2) is 24.5 Å². The summed E-state index contributed by atoms with van der Waals surface area (Å²) in [5, 5.41) is 5.93. The molecule has 0 N–H and O–H groups in total. The molecule has 0 spiro atoms. The van der Waals surface area contributed by atoms with Crippen LogP contribution in [0.25, 0.3) is 106 Å². The van der Waals surface area contributed by atoms with E-state index in [4.69, 9.17) is 19.9 Å². The van der Waals surface area contributed by atoms with Crippen molar-refractivity contribution in [2.24, 2.45) is 0 Å². The molecule has 0 fully saturated rings. The lowest BCUT2D eigenvalue weighted by atomic mass is 9.82. The highest BCUT2D eigenvalue weighted by Gasteiger charge is 2.36. The molecule has 0 saturated heterocycles. The molecule has 8 aromatic carbocycles. The molecule has 11 aromatic rings. The van der Waals surface area contributed by atoms with E-state index < -0.39 is 0 Å². The van der Waals surface area contributed by atoms with Crippen molar-refractivity contribution >= 4 is 43.5 Å². The molecule has 12 rings (SSSR count). The fourth-order valence-electron chi connectivity index (χ4n) is 9.51. The Bertz CT molecular complexity index is 3440. The molecule has 3 heterocycles. The minimum atomic E-state index is -0.140. The maximum absolute atomic E-state index is 5.01. The third kappa shape index (κ3) is 5.26. The van der Waals surface area contributed by atoms with Crippen LogP contribution in [0.2, 0.25) is 0 Å². The smallest absolute Gasteiger partial charge is 0.164 e. The first-order valence-corrected chi connectivity index (χ1v) is 20.5. The molecule has 282 valence electrons. The number of hydrogen-bond acceptors (Lipinski definition) is 4. The average molecular weight is 768 g/mol. The van der Waals surface area contributed by atoms with Crippen LogP contribution >= 0.6 is 0 Å². The Morgan fingerprint density at radius 2 is 1.02 bits per heavy atom. The monoisotopic (exact) mass is 767 g/mol. The van der Waals surface area contributed by atoms with Gasteiger partial charge in [-0.3, -0.25) is 4.98 Å². The van der Waals surface area contributed by atoms with Crippen LogP contribution in [0.4, 0.5) is 0 Å². The van der Waals surface area contributed by atoms with Crippen LogP contribution in [0.1, 0.15) is 25.0 Å². The van der Waals surface area contributed by atoms with Crippen molar-refractivity contribution in [3.05, 3.63) is 199 Å². The predicted octanol–water partition coefficient (Wildman–Crippen LogP) is 13.6. The molecular formula is C55H37N5. The minimum absolute atomic E-state index is 0.140. The van der Waals surface area contributed by atoms with Crippen LogP contribution in [0.3, 0.4) is 0 Å². The normalized spacial score (nSPS) is 13.0. The lowest BCUT2D eigenvalue weighted by Gasteiger charge is -2.21. The zero-order valence-electron chi connectivity index (χ0n) is 33.1. The minimum Gasteiger partial charge on any atom is -0.309 e. The number of benzene rings is 8. The second kappa shape index (κ2) is 13.1. The summed E-state index contributed by atoms with van der Waals surface area (Å²) in [7, 11) is 0. The Balaban J connectivity index is 1.06. The Morgan fingerprint density at radius 1 is 0.417 bits per heavy atom. The van der Waals surface area contributed by atoms with Gasteiger partial charge in [0.2, 0.25) is 0 Å². The van der Waals surface area contributed by atoms with E-state index >= 15 is 0 Å². The van der Waals surface area contributed by atoms with Crippen LogP contribution in [0, 0.1) is 0 Å². The zero-order valence-corrected chi connectivity index (χ0v) is 33.1. The van der Waals surface area contributed by atoms with Crippen molar-refractivity contribution in [3.63, 3.8) is 0 Å². The van der Waals surface area contributed by atoms with Gasteiger partial charge >= 0.3 is 0 Å². The third-order valence-electron chi connectivity index (χ3n) is 12.5. The first kappa shape index (κ1) is 34.3. The fraction of sp³-hybridized carbons (Fsp3) is 0.0545. The van der Waals surface area contributed by atoms with Crippen LogP contribution in [-0.2, 0) is 5.41 Å². The molecule has 0 aliphatic heterocycles. The molecule has 1 aliphatic carbocycles. The maximum atomic E-state index is 5.01. The van der Waals surface area contributed by atoms with Gasteiger partial charge in [-0.1, -0.05) is 141 Å². The molecule has 3 aromatic heterocycles. The molecule has 5 nitrogen and oxygen atoms in total. The summed E-state index contributed by atoms with van der Waals surface area (Å²) in [5.74, 6) is 1.93. The number of hydrogen-bond donors (Lipinski definition) is 0. The van der Waals surface area contributed by atoms with E-state index in [9.17, 15) is 0 Å². The first-order chi connectivity index (χ1) is 29.5. The lowest BCUT2D eigenvalue weighted by molar-refractivity contribution is 0.661. The fourth-order valence-corrected chi connectivity index (χ4v) is 9.51. The second-order valence-electron chi connectivity index (χ2n) is 16.3. The highest BCUT2D eigenvalue weighted by molar-refractivity contribution is 6.16. The van der Waals surface area contributed by atoms with Crippen molar-refractivity contribution in [1.29, 1.82) is 0 Å². The molecule has 0 unspecified atom stereocenters. The van der Waals surface area contributed by atoms with Crippen molar-refractivity contribution in [1.82, 2.24) is 24.5 Å². The third-order valence-corrected chi connectivity index (χ3v) is 12.5. The molecule has 5 heteroatoms. The largest absolute Gasteiger partial charge is 0.309 e. The van der Waals surface area contributed by atoms with Crippen molar-refractivity contribution < 1.29 is 0 Å². The summed E-state index contributed by atoms with van der Waals surface area (Å²) in [5.41, 5.74) is 14.8. The zero-order chi connectivity index (χ0) is 40.0. The Labute approximate surface area is 347 Å². The molecule has 0 amide bonds. The Kier molecular flexibility index (Phi) is 7.51. The molecule has 0 saturated carbocycles. The number of aromatic nitrogens is 5. The molecule has 1 aliphatic rings. The van der Waals surface area contributed by atoms with Gasteiger partial charge in [0.1, 0.15) is 0 Å². The van der Waals surface area contributed by atoms with E-state index in [2.05, 4.69) is 134 Å². The second-order valence-corrected chi connectivity index (χ2v) is 16.3. The highest BCUT2D eigenvalue weighted by Crippen LogP contribution is 2.51. The average Bonchev–Trinajstić information content (AvgIpc) is 3.75. The summed E-state index contributed by atoms with van der Waals surface area (Å²) >= 11 is 0. The van der Waals surface area contributed by atoms with Crippen molar-refractivity contribution in [2.45, 2.75) is 19.3 Å². The van der Waals surface area contributed by atoms with E-state index in [-0.39, 0.29) is 5.41 Å². The van der Waals surface area contributed by atoms with Gasteiger partial charge in [0, 0.05) is 55.5 Å². The van der Waals surface area contributed by atoms with Gasteiger partial charge in [-0.2, -0.15) is 0 Å². The summed E-state index contributed by atoms with van der Waals surface area (Å²) < 4.78 is 2.43. The highest BCUT2D eigenvalue weighted by atomic mass is 15.0. The number of pyridine rings is 1. The van der Waals surface area contributed by atoms with Gasteiger partial charge in [-0.15, -0.1) is 0 Å². The van der Waals surface area contributed by atoms with Gasteiger partial charge in [-0.05, 0) is 93.4 Å². The number of nitrogens with zero attached hydrogens (tertiary/aromatic N) is 5. The molecule has 60 heavy (non-hydrogen) atoms. The van der Waals surface area contributed by atoms with Crippen molar-refractivity contribution in [2.75, 3.05) is 0 Å². The summed E-state index contributed by atoms with van der Waals surface area (Å²) in [6.07, 6.45) is 1.89. The van der Waals surface area contributed by atoms with Gasteiger partial charge < -0.3 is 4.57 Å². The van der Waals surface area contributed by atoms with E-state index in [1.54, 1.807) is 0 Å². The van der Waals surface area contributed by atoms with E-state index in [1.165, 1.54) is 60.4 Å². The van der Waals surface area contributed by atoms with Gasteiger partial charge in [0.15, 0.2) is 17.5 Å². The summed E-state index contributed by atoms with van der Waals surface area (Å²) in [6.45, 7) is 4.70. The quantitative estimate of drug-likeness (QED) is 0.164. The standard InChI is InChI=1S/C55H37N5/c1-55(2)46-21-10-9-19-42(46)43-32-45-44-31-39(41-20-11-17-34-22-23-35-18-12-30-56-51(35)50(34)41)26-29-48(44)60(49(45)33-47(43)55)40-27-24-38(25-28-40)54-58-52(36-13-5-3-6-14-36)57-53(59-54)37-15-7-4-8-16-37/h3-33H,1-2H3. The van der Waals surface area contributed by atoms with Crippen molar-refractivity contribution in [3.8, 4) is 62.1 Å². The van der Waals surface area contributed by atoms with Gasteiger partial charge in [-0.25, -0.2) is 15.0 Å². The van der Waals surface area contributed by atoms with E-state index in [0.717, 1.165) is 38.8 Å². The van der Waals surface area contributed by atoms with Crippen LogP contribution in [0.15, 0.2) is 188 Å². The Hall–Kier alpha value is -7.76. The Morgan fingerprint density at radius 3 is 1.75 bits per heavy atom.